The van der Waals surface area contributed by atoms with Crippen LogP contribution in [0.4, 0.5) is 0 Å². The first-order valence-electron chi connectivity index (χ1n) is 6.63. The molecule has 0 radical (unpaired) electrons. The van der Waals surface area contributed by atoms with Gasteiger partial charge in [0.25, 0.3) is 0 Å². The number of carbonyl (C=O) groups is 2. The van der Waals surface area contributed by atoms with Crippen LogP contribution in [0, 0.1) is 0 Å². The average molecular weight is 278 g/mol. The van der Waals surface area contributed by atoms with E-state index in [9.17, 15) is 9.59 Å². The quantitative estimate of drug-likeness (QED) is 0.626. The molecule has 0 aromatic carbocycles. The van der Waals surface area contributed by atoms with Crippen LogP contribution in [0.5, 0.6) is 0 Å². The van der Waals surface area contributed by atoms with Gasteiger partial charge in [0.05, 0.1) is 12.2 Å². The molecule has 19 heavy (non-hydrogen) atoms. The number of hydrogen-bond donors (Lipinski definition) is 0. The van der Waals surface area contributed by atoms with Crippen LogP contribution in [-0.4, -0.2) is 18.4 Å². The van der Waals surface area contributed by atoms with E-state index in [1.54, 1.807) is 17.4 Å². The summed E-state index contributed by atoms with van der Waals surface area (Å²) < 4.78 is 5.15. The zero-order valence-electron chi connectivity index (χ0n) is 11.3. The number of carbonyl (C=O) groups excluding carboxylic acids is 2. The molecule has 1 aromatic rings. The standard InChI is InChI=1S/C15H18O3S/c1-3-18-15(17)14-11-6-4-5-7-12(11)19-13(14)9-8-10(2)16/h8-9H,3-7H2,1-2H3/b9-8+. The number of ether oxygens (including phenoxy) is 1. The van der Waals surface area contributed by atoms with Gasteiger partial charge in [-0.2, -0.15) is 0 Å². The first-order valence-corrected chi connectivity index (χ1v) is 7.45. The molecule has 0 unspecified atom stereocenters. The number of aryl methyl sites for hydroxylation is 1. The van der Waals surface area contributed by atoms with Crippen molar-refractivity contribution >= 4 is 29.2 Å². The zero-order chi connectivity index (χ0) is 13.8. The van der Waals surface area contributed by atoms with Crippen LogP contribution in [0.1, 0.15) is 52.4 Å². The first-order chi connectivity index (χ1) is 9.13. The molecule has 1 aliphatic rings. The Morgan fingerprint density at radius 2 is 2.05 bits per heavy atom. The van der Waals surface area contributed by atoms with E-state index in [4.69, 9.17) is 4.74 Å². The Morgan fingerprint density at radius 1 is 1.32 bits per heavy atom. The Hall–Kier alpha value is -1.42. The van der Waals surface area contributed by atoms with Crippen molar-refractivity contribution in [2.75, 3.05) is 6.61 Å². The fourth-order valence-electron chi connectivity index (χ4n) is 2.32. The monoisotopic (exact) mass is 278 g/mol. The van der Waals surface area contributed by atoms with E-state index >= 15 is 0 Å². The van der Waals surface area contributed by atoms with E-state index < -0.39 is 0 Å². The maximum Gasteiger partial charge on any atom is 0.339 e. The van der Waals surface area contributed by atoms with Gasteiger partial charge in [0, 0.05) is 9.75 Å². The Morgan fingerprint density at radius 3 is 2.74 bits per heavy atom. The zero-order valence-corrected chi connectivity index (χ0v) is 12.1. The minimum Gasteiger partial charge on any atom is -0.462 e. The van der Waals surface area contributed by atoms with Crippen molar-refractivity contribution in [1.29, 1.82) is 0 Å². The number of fused-ring (bicyclic) bond motifs is 1. The van der Waals surface area contributed by atoms with Crippen molar-refractivity contribution < 1.29 is 14.3 Å². The Bertz CT molecular complexity index is 526. The molecule has 1 aromatic heterocycles. The molecule has 2 rings (SSSR count). The van der Waals surface area contributed by atoms with E-state index in [-0.39, 0.29) is 11.8 Å². The Kier molecular flexibility index (Phi) is 4.53. The van der Waals surface area contributed by atoms with Crippen LogP contribution >= 0.6 is 11.3 Å². The summed E-state index contributed by atoms with van der Waals surface area (Å²) in [7, 11) is 0. The van der Waals surface area contributed by atoms with Crippen molar-refractivity contribution in [3.05, 3.63) is 27.0 Å². The molecule has 0 aliphatic heterocycles. The molecule has 0 N–H and O–H groups in total. The normalized spacial score (nSPS) is 14.4. The van der Waals surface area contributed by atoms with Gasteiger partial charge in [0.1, 0.15) is 0 Å². The van der Waals surface area contributed by atoms with Gasteiger partial charge in [-0.25, -0.2) is 4.79 Å². The molecule has 3 nitrogen and oxygen atoms in total. The summed E-state index contributed by atoms with van der Waals surface area (Å²) in [5, 5.41) is 0. The van der Waals surface area contributed by atoms with Gasteiger partial charge in [-0.3, -0.25) is 4.79 Å². The number of ketones is 1. The van der Waals surface area contributed by atoms with Crippen LogP contribution < -0.4 is 0 Å². The van der Waals surface area contributed by atoms with Crippen molar-refractivity contribution in [3.63, 3.8) is 0 Å². The second kappa shape index (κ2) is 6.15. The van der Waals surface area contributed by atoms with E-state index in [1.807, 2.05) is 6.92 Å². The summed E-state index contributed by atoms with van der Waals surface area (Å²) >= 11 is 1.62. The molecule has 0 fully saturated rings. The maximum absolute atomic E-state index is 12.1. The third-order valence-electron chi connectivity index (χ3n) is 3.15. The molecule has 102 valence electrons. The average Bonchev–Trinajstić information content (AvgIpc) is 2.74. The van der Waals surface area contributed by atoms with Crippen LogP contribution in [0.25, 0.3) is 6.08 Å². The molecule has 0 atom stereocenters. The van der Waals surface area contributed by atoms with Gasteiger partial charge in [-0.05, 0) is 57.2 Å². The van der Waals surface area contributed by atoms with Gasteiger partial charge in [0.2, 0.25) is 0 Å². The highest BCUT2D eigenvalue weighted by molar-refractivity contribution is 7.13. The highest BCUT2D eigenvalue weighted by Crippen LogP contribution is 2.35. The number of hydrogen-bond acceptors (Lipinski definition) is 4. The SMILES string of the molecule is CCOC(=O)c1c(/C=C/C(C)=O)sc2c1CCCC2. The van der Waals surface area contributed by atoms with Crippen LogP contribution in [0.15, 0.2) is 6.08 Å². The number of thiophene rings is 1. The summed E-state index contributed by atoms with van der Waals surface area (Å²) in [4.78, 5) is 25.3. The van der Waals surface area contributed by atoms with E-state index in [0.717, 1.165) is 29.7 Å². The molecule has 0 bridgehead atoms. The molecule has 4 heteroatoms. The number of allylic oxidation sites excluding steroid dienone is 1. The van der Waals surface area contributed by atoms with Gasteiger partial charge in [0.15, 0.2) is 5.78 Å². The predicted molar refractivity (Wildman–Crippen MR) is 76.6 cm³/mol. The molecular formula is C15H18O3S. The lowest BCUT2D eigenvalue weighted by molar-refractivity contribution is -0.112. The van der Waals surface area contributed by atoms with Gasteiger partial charge < -0.3 is 4.74 Å². The second-order valence-corrected chi connectivity index (χ2v) is 5.75. The van der Waals surface area contributed by atoms with Crippen molar-refractivity contribution in [1.82, 2.24) is 0 Å². The Balaban J connectivity index is 2.43. The molecule has 1 heterocycles. The summed E-state index contributed by atoms with van der Waals surface area (Å²) in [5.41, 5.74) is 1.82. The minimum atomic E-state index is -0.259. The third kappa shape index (κ3) is 3.13. The lowest BCUT2D eigenvalue weighted by Crippen LogP contribution is -2.10. The van der Waals surface area contributed by atoms with Crippen LogP contribution in [0.2, 0.25) is 0 Å². The lowest BCUT2D eigenvalue weighted by atomic mass is 9.95. The lowest BCUT2D eigenvalue weighted by Gasteiger charge is -2.12. The molecule has 0 amide bonds. The van der Waals surface area contributed by atoms with Crippen LogP contribution in [0.3, 0.4) is 0 Å². The van der Waals surface area contributed by atoms with E-state index in [1.165, 1.54) is 24.3 Å². The fraction of sp³-hybridized carbons (Fsp3) is 0.467. The van der Waals surface area contributed by atoms with Gasteiger partial charge in [-0.15, -0.1) is 11.3 Å². The largest absolute Gasteiger partial charge is 0.462 e. The second-order valence-electron chi connectivity index (χ2n) is 4.61. The van der Waals surface area contributed by atoms with Crippen molar-refractivity contribution in [2.24, 2.45) is 0 Å². The topological polar surface area (TPSA) is 43.4 Å². The highest BCUT2D eigenvalue weighted by atomic mass is 32.1. The number of rotatable bonds is 4. The van der Waals surface area contributed by atoms with Crippen LogP contribution in [-0.2, 0) is 22.4 Å². The maximum atomic E-state index is 12.1. The third-order valence-corrected chi connectivity index (χ3v) is 4.40. The van der Waals surface area contributed by atoms with Crippen molar-refractivity contribution in [3.8, 4) is 0 Å². The minimum absolute atomic E-state index is 0.0128. The fourth-order valence-corrected chi connectivity index (χ4v) is 3.61. The van der Waals surface area contributed by atoms with E-state index in [0.29, 0.717) is 12.2 Å². The highest BCUT2D eigenvalue weighted by Gasteiger charge is 2.24. The van der Waals surface area contributed by atoms with E-state index in [2.05, 4.69) is 0 Å². The summed E-state index contributed by atoms with van der Waals surface area (Å²) in [6.45, 7) is 3.69. The Labute approximate surface area is 117 Å². The predicted octanol–water partition coefficient (Wildman–Crippen LogP) is 3.41. The first kappa shape index (κ1) is 14.0. The number of esters is 1. The van der Waals surface area contributed by atoms with Gasteiger partial charge >= 0.3 is 5.97 Å². The summed E-state index contributed by atoms with van der Waals surface area (Å²) in [6.07, 6.45) is 7.52. The molecule has 1 aliphatic carbocycles. The molecule has 0 spiro atoms. The molecule has 0 saturated heterocycles. The van der Waals surface area contributed by atoms with Gasteiger partial charge in [-0.1, -0.05) is 0 Å². The smallest absolute Gasteiger partial charge is 0.339 e. The van der Waals surface area contributed by atoms with Crippen molar-refractivity contribution in [2.45, 2.75) is 39.5 Å². The summed E-state index contributed by atoms with van der Waals surface area (Å²) in [5.74, 6) is -0.272. The molecule has 0 saturated carbocycles. The molecular weight excluding hydrogens is 260 g/mol. The summed E-state index contributed by atoms with van der Waals surface area (Å²) in [6, 6.07) is 0.